The van der Waals surface area contributed by atoms with Crippen molar-refractivity contribution in [1.29, 1.82) is 0 Å². The van der Waals surface area contributed by atoms with Crippen LogP contribution in [-0.2, 0) is 0 Å². The molecule has 17 heavy (non-hydrogen) atoms. The summed E-state index contributed by atoms with van der Waals surface area (Å²) in [5, 5.41) is 3.83. The first-order chi connectivity index (χ1) is 8.43. The lowest BCUT2D eigenvalue weighted by Crippen LogP contribution is -2.45. The molecule has 2 heteroatoms. The molecule has 0 spiro atoms. The Morgan fingerprint density at radius 1 is 1.18 bits per heavy atom. The molecule has 0 aromatic carbocycles. The van der Waals surface area contributed by atoms with Gasteiger partial charge in [0.2, 0.25) is 0 Å². The van der Waals surface area contributed by atoms with E-state index in [0.29, 0.717) is 0 Å². The molecule has 2 unspecified atom stereocenters. The Labute approximate surface area is 105 Å². The minimum Gasteiger partial charge on any atom is -0.312 e. The third-order valence-electron chi connectivity index (χ3n) is 4.84. The van der Waals surface area contributed by atoms with Gasteiger partial charge in [0.05, 0.1) is 0 Å². The largest absolute Gasteiger partial charge is 0.312 e. The summed E-state index contributed by atoms with van der Waals surface area (Å²) in [4.78, 5) is 2.72. The van der Waals surface area contributed by atoms with Crippen LogP contribution in [0.4, 0.5) is 0 Å². The van der Waals surface area contributed by atoms with E-state index in [1.807, 2.05) is 0 Å². The average Bonchev–Trinajstić information content (AvgIpc) is 2.99. The van der Waals surface area contributed by atoms with E-state index in [4.69, 9.17) is 0 Å². The number of allylic oxidation sites excluding steroid dienone is 1. The lowest BCUT2D eigenvalue weighted by Gasteiger charge is -2.32. The minimum atomic E-state index is 0.789. The maximum atomic E-state index is 3.83. The SMILES string of the molecule is C1=C(CCNC2CCN3CCCCC23)CCC1. The summed E-state index contributed by atoms with van der Waals surface area (Å²) in [6.07, 6.45) is 13.5. The Morgan fingerprint density at radius 2 is 2.18 bits per heavy atom. The molecular formula is C15H26N2. The maximum Gasteiger partial charge on any atom is 0.0249 e. The second-order valence-electron chi connectivity index (χ2n) is 5.95. The number of nitrogens with one attached hydrogen (secondary N) is 1. The second-order valence-corrected chi connectivity index (χ2v) is 5.95. The fourth-order valence-electron chi connectivity index (χ4n) is 3.87. The van der Waals surface area contributed by atoms with Gasteiger partial charge in [0.15, 0.2) is 0 Å². The molecule has 2 saturated heterocycles. The Hall–Kier alpha value is -0.340. The fourth-order valence-corrected chi connectivity index (χ4v) is 3.87. The first-order valence-electron chi connectivity index (χ1n) is 7.59. The van der Waals surface area contributed by atoms with Crippen molar-refractivity contribution in [2.45, 2.75) is 63.5 Å². The Balaban J connectivity index is 1.42. The molecule has 2 atom stereocenters. The molecule has 0 saturated carbocycles. The third kappa shape index (κ3) is 2.74. The second kappa shape index (κ2) is 5.53. The number of hydrogen-bond acceptors (Lipinski definition) is 2. The predicted octanol–water partition coefficient (Wildman–Crippen LogP) is 2.70. The van der Waals surface area contributed by atoms with E-state index < -0.39 is 0 Å². The highest BCUT2D eigenvalue weighted by molar-refractivity contribution is 5.07. The van der Waals surface area contributed by atoms with Crippen molar-refractivity contribution in [3.63, 3.8) is 0 Å². The lowest BCUT2D eigenvalue weighted by molar-refractivity contribution is 0.181. The van der Waals surface area contributed by atoms with Gasteiger partial charge in [-0.15, -0.1) is 0 Å². The van der Waals surface area contributed by atoms with Crippen LogP contribution in [0.2, 0.25) is 0 Å². The van der Waals surface area contributed by atoms with E-state index in [1.54, 1.807) is 5.57 Å². The quantitative estimate of drug-likeness (QED) is 0.752. The van der Waals surface area contributed by atoms with Crippen LogP contribution in [0.1, 0.15) is 51.4 Å². The maximum absolute atomic E-state index is 3.83. The van der Waals surface area contributed by atoms with Crippen molar-refractivity contribution in [3.05, 3.63) is 11.6 Å². The molecule has 0 aromatic rings. The van der Waals surface area contributed by atoms with Crippen LogP contribution in [0.15, 0.2) is 11.6 Å². The van der Waals surface area contributed by atoms with Gasteiger partial charge in [-0.05, 0) is 58.0 Å². The number of rotatable bonds is 4. The van der Waals surface area contributed by atoms with Crippen molar-refractivity contribution in [2.24, 2.45) is 0 Å². The van der Waals surface area contributed by atoms with Crippen molar-refractivity contribution >= 4 is 0 Å². The Bertz CT molecular complexity index is 285. The molecule has 0 aromatic heterocycles. The van der Waals surface area contributed by atoms with Crippen LogP contribution < -0.4 is 5.32 Å². The average molecular weight is 234 g/mol. The normalized spacial score (nSPS) is 33.8. The Kier molecular flexibility index (Phi) is 3.82. The fraction of sp³-hybridized carbons (Fsp3) is 0.867. The van der Waals surface area contributed by atoms with Gasteiger partial charge in [-0.1, -0.05) is 18.1 Å². The monoisotopic (exact) mass is 234 g/mol. The number of hydrogen-bond donors (Lipinski definition) is 1. The first-order valence-corrected chi connectivity index (χ1v) is 7.59. The number of nitrogens with zero attached hydrogens (tertiary/aromatic N) is 1. The molecule has 2 aliphatic heterocycles. The van der Waals surface area contributed by atoms with Gasteiger partial charge in [0, 0.05) is 18.6 Å². The van der Waals surface area contributed by atoms with Gasteiger partial charge < -0.3 is 5.32 Å². The molecule has 1 aliphatic carbocycles. The van der Waals surface area contributed by atoms with E-state index in [0.717, 1.165) is 12.1 Å². The molecule has 3 rings (SSSR count). The van der Waals surface area contributed by atoms with Crippen molar-refractivity contribution in [1.82, 2.24) is 10.2 Å². The van der Waals surface area contributed by atoms with Gasteiger partial charge in [-0.3, -0.25) is 4.90 Å². The van der Waals surface area contributed by atoms with Crippen LogP contribution in [0.5, 0.6) is 0 Å². The van der Waals surface area contributed by atoms with Crippen LogP contribution in [0, 0.1) is 0 Å². The molecule has 0 bridgehead atoms. The summed E-state index contributed by atoms with van der Waals surface area (Å²) in [5.74, 6) is 0. The smallest absolute Gasteiger partial charge is 0.0249 e. The van der Waals surface area contributed by atoms with E-state index in [1.165, 1.54) is 71.0 Å². The molecule has 2 nitrogen and oxygen atoms in total. The van der Waals surface area contributed by atoms with E-state index in [9.17, 15) is 0 Å². The first kappa shape index (κ1) is 11.7. The van der Waals surface area contributed by atoms with Crippen LogP contribution in [0.25, 0.3) is 0 Å². The van der Waals surface area contributed by atoms with Crippen molar-refractivity contribution in [2.75, 3.05) is 19.6 Å². The molecule has 0 radical (unpaired) electrons. The number of fused-ring (bicyclic) bond motifs is 1. The lowest BCUT2D eigenvalue weighted by atomic mass is 9.99. The molecule has 0 amide bonds. The number of piperidine rings is 1. The van der Waals surface area contributed by atoms with E-state index in [-0.39, 0.29) is 0 Å². The van der Waals surface area contributed by atoms with Gasteiger partial charge in [0.1, 0.15) is 0 Å². The highest BCUT2D eigenvalue weighted by Gasteiger charge is 2.34. The van der Waals surface area contributed by atoms with Crippen molar-refractivity contribution < 1.29 is 0 Å². The summed E-state index contributed by atoms with van der Waals surface area (Å²) in [5.41, 5.74) is 1.70. The molecule has 1 N–H and O–H groups in total. The highest BCUT2D eigenvalue weighted by Crippen LogP contribution is 2.27. The van der Waals surface area contributed by atoms with E-state index >= 15 is 0 Å². The summed E-state index contributed by atoms with van der Waals surface area (Å²) in [6.45, 7) is 3.90. The van der Waals surface area contributed by atoms with Crippen LogP contribution in [-0.4, -0.2) is 36.6 Å². The Morgan fingerprint density at radius 3 is 3.06 bits per heavy atom. The minimum absolute atomic E-state index is 0.789. The summed E-state index contributed by atoms with van der Waals surface area (Å²) in [6, 6.07) is 1.65. The summed E-state index contributed by atoms with van der Waals surface area (Å²) in [7, 11) is 0. The van der Waals surface area contributed by atoms with Gasteiger partial charge >= 0.3 is 0 Å². The highest BCUT2D eigenvalue weighted by atomic mass is 15.2. The molecule has 3 aliphatic rings. The molecular weight excluding hydrogens is 208 g/mol. The molecule has 2 fully saturated rings. The van der Waals surface area contributed by atoms with Gasteiger partial charge in [-0.2, -0.15) is 0 Å². The van der Waals surface area contributed by atoms with Crippen molar-refractivity contribution in [3.8, 4) is 0 Å². The standard InChI is InChI=1S/C15H26N2/c1-2-6-13(5-1)8-10-16-14-9-12-17-11-4-3-7-15(14)17/h5,14-16H,1-4,6-12H2. The molecule has 96 valence electrons. The van der Waals surface area contributed by atoms with Crippen LogP contribution >= 0.6 is 0 Å². The van der Waals surface area contributed by atoms with Gasteiger partial charge in [-0.25, -0.2) is 0 Å². The summed E-state index contributed by atoms with van der Waals surface area (Å²) >= 11 is 0. The van der Waals surface area contributed by atoms with Gasteiger partial charge in [0.25, 0.3) is 0 Å². The zero-order chi connectivity index (χ0) is 11.5. The predicted molar refractivity (Wildman–Crippen MR) is 72.2 cm³/mol. The molecule has 2 heterocycles. The summed E-state index contributed by atoms with van der Waals surface area (Å²) < 4.78 is 0. The van der Waals surface area contributed by atoms with Crippen LogP contribution in [0.3, 0.4) is 0 Å². The topological polar surface area (TPSA) is 15.3 Å². The zero-order valence-corrected chi connectivity index (χ0v) is 11.0. The van der Waals surface area contributed by atoms with E-state index in [2.05, 4.69) is 16.3 Å². The third-order valence-corrected chi connectivity index (χ3v) is 4.84. The zero-order valence-electron chi connectivity index (χ0n) is 11.0.